The molecule has 29 heavy (non-hydrogen) atoms. The van der Waals surface area contributed by atoms with Crippen LogP contribution in [-0.2, 0) is 21.2 Å². The van der Waals surface area contributed by atoms with E-state index in [0.29, 0.717) is 28.0 Å². The van der Waals surface area contributed by atoms with Gasteiger partial charge in [0.1, 0.15) is 0 Å². The zero-order valence-electron chi connectivity index (χ0n) is 16.8. The molecule has 0 saturated heterocycles. The Balaban J connectivity index is 1.83. The Morgan fingerprint density at radius 3 is 2.59 bits per heavy atom. The minimum absolute atomic E-state index is 0.109. The molecule has 0 saturated carbocycles. The molecule has 0 fully saturated rings. The van der Waals surface area contributed by atoms with Gasteiger partial charge in [0.2, 0.25) is 21.1 Å². The molecule has 0 aliphatic carbocycles. The molecule has 11 heteroatoms. The van der Waals surface area contributed by atoms with E-state index in [0.717, 1.165) is 23.1 Å². The third-order valence-corrected chi connectivity index (χ3v) is 5.49. The number of fused-ring (bicyclic) bond motifs is 1. The number of hydrogen-bond donors (Lipinski definition) is 2. The fourth-order valence-electron chi connectivity index (χ4n) is 2.91. The molecule has 0 unspecified atom stereocenters. The van der Waals surface area contributed by atoms with Crippen LogP contribution in [0.4, 0.5) is 11.4 Å². The van der Waals surface area contributed by atoms with Gasteiger partial charge >= 0.3 is 0 Å². The van der Waals surface area contributed by atoms with Crippen LogP contribution in [0.5, 0.6) is 0 Å². The molecule has 154 valence electrons. The van der Waals surface area contributed by atoms with Crippen molar-refractivity contribution in [3.63, 3.8) is 0 Å². The van der Waals surface area contributed by atoms with Gasteiger partial charge in [-0.15, -0.1) is 5.10 Å². The van der Waals surface area contributed by atoms with E-state index in [-0.39, 0.29) is 12.3 Å². The smallest absolute Gasteiger partial charge is 0.253 e. The molecule has 1 aromatic carbocycles. The van der Waals surface area contributed by atoms with Crippen molar-refractivity contribution in [2.24, 2.45) is 0 Å². The van der Waals surface area contributed by atoms with E-state index in [9.17, 15) is 13.2 Å². The second-order valence-corrected chi connectivity index (χ2v) is 9.22. The molecule has 3 rings (SSSR count). The summed E-state index contributed by atoms with van der Waals surface area (Å²) in [6, 6.07) is 5.06. The SMILES string of the molecule is CSc1nc2nc(C)c(CC(=O)Nc3ccc(C)c(NS(C)(=O)=O)c3)c(C)n2n1. The quantitative estimate of drug-likeness (QED) is 0.572. The summed E-state index contributed by atoms with van der Waals surface area (Å²) in [5, 5.41) is 7.82. The predicted octanol–water partition coefficient (Wildman–Crippen LogP) is 2.32. The van der Waals surface area contributed by atoms with Gasteiger partial charge in [0.25, 0.3) is 5.78 Å². The van der Waals surface area contributed by atoms with E-state index in [4.69, 9.17) is 0 Å². The third-order valence-electron chi connectivity index (χ3n) is 4.37. The number of thioether (sulfide) groups is 1. The first kappa shape index (κ1) is 21.1. The first-order chi connectivity index (χ1) is 13.6. The number of benzene rings is 1. The van der Waals surface area contributed by atoms with Crippen LogP contribution in [0.2, 0.25) is 0 Å². The number of nitrogens with zero attached hydrogens (tertiary/aromatic N) is 4. The average Bonchev–Trinajstić information content (AvgIpc) is 3.03. The number of aromatic nitrogens is 4. The summed E-state index contributed by atoms with van der Waals surface area (Å²) >= 11 is 1.43. The van der Waals surface area contributed by atoms with E-state index in [1.807, 2.05) is 20.1 Å². The summed E-state index contributed by atoms with van der Waals surface area (Å²) in [5.74, 6) is 0.264. The monoisotopic (exact) mass is 434 g/mol. The van der Waals surface area contributed by atoms with Crippen molar-refractivity contribution >= 4 is 44.8 Å². The maximum Gasteiger partial charge on any atom is 0.253 e. The number of nitrogens with one attached hydrogen (secondary N) is 2. The first-order valence-electron chi connectivity index (χ1n) is 8.72. The molecule has 9 nitrogen and oxygen atoms in total. The lowest BCUT2D eigenvalue weighted by Crippen LogP contribution is -2.18. The normalized spacial score (nSPS) is 11.6. The van der Waals surface area contributed by atoms with Crippen LogP contribution in [-0.4, -0.2) is 46.4 Å². The highest BCUT2D eigenvalue weighted by Crippen LogP contribution is 2.22. The Kier molecular flexibility index (Phi) is 5.80. The molecule has 0 bridgehead atoms. The molecule has 0 aliphatic heterocycles. The Morgan fingerprint density at radius 1 is 1.21 bits per heavy atom. The highest BCUT2D eigenvalue weighted by molar-refractivity contribution is 7.98. The van der Waals surface area contributed by atoms with Crippen LogP contribution in [0.25, 0.3) is 5.78 Å². The number of aryl methyl sites for hydroxylation is 3. The van der Waals surface area contributed by atoms with Gasteiger partial charge in [-0.05, 0) is 44.7 Å². The van der Waals surface area contributed by atoms with Gasteiger partial charge in [-0.25, -0.2) is 17.9 Å². The maximum absolute atomic E-state index is 12.6. The third kappa shape index (κ3) is 4.85. The molecule has 3 aromatic rings. The lowest BCUT2D eigenvalue weighted by Gasteiger charge is -2.13. The molecule has 0 spiro atoms. The standard InChI is InChI=1S/C18H22N6O3S2/c1-10-6-7-13(8-15(10)23-29(5,26)27)20-16(25)9-14-11(2)19-17-21-18(28-4)22-24(17)12(14)3/h6-8,23H,9H2,1-5H3,(H,20,25). The highest BCUT2D eigenvalue weighted by atomic mass is 32.2. The molecule has 2 heterocycles. The number of hydrogen-bond acceptors (Lipinski definition) is 7. The highest BCUT2D eigenvalue weighted by Gasteiger charge is 2.16. The summed E-state index contributed by atoms with van der Waals surface area (Å²) in [5.41, 5.74) is 3.97. The van der Waals surface area contributed by atoms with E-state index in [1.54, 1.807) is 29.6 Å². The lowest BCUT2D eigenvalue weighted by atomic mass is 10.1. The topological polar surface area (TPSA) is 118 Å². The molecular weight excluding hydrogens is 412 g/mol. The van der Waals surface area contributed by atoms with Gasteiger partial charge < -0.3 is 5.32 Å². The Bertz CT molecular complexity index is 1200. The minimum atomic E-state index is -3.41. The molecule has 0 radical (unpaired) electrons. The maximum atomic E-state index is 12.6. The van der Waals surface area contributed by atoms with Crippen molar-refractivity contribution < 1.29 is 13.2 Å². The summed E-state index contributed by atoms with van der Waals surface area (Å²) in [6.07, 6.45) is 3.08. The molecule has 2 N–H and O–H groups in total. The number of carbonyl (C=O) groups excluding carboxylic acids is 1. The lowest BCUT2D eigenvalue weighted by molar-refractivity contribution is -0.115. The largest absolute Gasteiger partial charge is 0.326 e. The van der Waals surface area contributed by atoms with Crippen molar-refractivity contribution in [3.8, 4) is 0 Å². The van der Waals surface area contributed by atoms with Crippen LogP contribution in [0.3, 0.4) is 0 Å². The van der Waals surface area contributed by atoms with Gasteiger partial charge in [0, 0.05) is 22.6 Å². The number of anilines is 2. The number of sulfonamides is 1. The van der Waals surface area contributed by atoms with Crippen LogP contribution >= 0.6 is 11.8 Å². The van der Waals surface area contributed by atoms with Gasteiger partial charge in [0.05, 0.1) is 18.4 Å². The van der Waals surface area contributed by atoms with Crippen LogP contribution in [0.1, 0.15) is 22.5 Å². The van der Waals surface area contributed by atoms with Crippen molar-refractivity contribution in [3.05, 3.63) is 40.7 Å². The minimum Gasteiger partial charge on any atom is -0.326 e. The van der Waals surface area contributed by atoms with E-state index >= 15 is 0 Å². The number of carbonyl (C=O) groups is 1. The average molecular weight is 435 g/mol. The molecule has 0 atom stereocenters. The summed E-state index contributed by atoms with van der Waals surface area (Å²) in [4.78, 5) is 21.4. The van der Waals surface area contributed by atoms with Gasteiger partial charge in [-0.1, -0.05) is 17.8 Å². The van der Waals surface area contributed by atoms with E-state index in [2.05, 4.69) is 25.1 Å². The zero-order chi connectivity index (χ0) is 21.3. The Labute approximate surface area is 173 Å². The fourth-order valence-corrected chi connectivity index (χ4v) is 3.86. The van der Waals surface area contributed by atoms with Crippen molar-refractivity contribution in [2.45, 2.75) is 32.3 Å². The van der Waals surface area contributed by atoms with E-state index < -0.39 is 10.0 Å². The van der Waals surface area contributed by atoms with E-state index in [1.165, 1.54) is 11.8 Å². The molecular formula is C18H22N6O3S2. The number of rotatable bonds is 6. The predicted molar refractivity (Wildman–Crippen MR) is 114 cm³/mol. The number of amides is 1. The van der Waals surface area contributed by atoms with Crippen LogP contribution in [0.15, 0.2) is 23.4 Å². The van der Waals surface area contributed by atoms with Crippen molar-refractivity contribution in [1.29, 1.82) is 0 Å². The van der Waals surface area contributed by atoms with Gasteiger partial charge in [0.15, 0.2) is 0 Å². The second-order valence-electron chi connectivity index (χ2n) is 6.70. The summed E-state index contributed by atoms with van der Waals surface area (Å²) in [6.45, 7) is 5.50. The first-order valence-corrected chi connectivity index (χ1v) is 11.8. The molecule has 0 aliphatic rings. The summed E-state index contributed by atoms with van der Waals surface area (Å²) in [7, 11) is -3.41. The zero-order valence-corrected chi connectivity index (χ0v) is 18.4. The summed E-state index contributed by atoms with van der Waals surface area (Å²) < 4.78 is 27.1. The van der Waals surface area contributed by atoms with Crippen LogP contribution < -0.4 is 10.0 Å². The fraction of sp³-hybridized carbons (Fsp3) is 0.333. The van der Waals surface area contributed by atoms with Gasteiger partial charge in [-0.3, -0.25) is 9.52 Å². The van der Waals surface area contributed by atoms with Crippen molar-refractivity contribution in [2.75, 3.05) is 22.6 Å². The van der Waals surface area contributed by atoms with Gasteiger partial charge in [-0.2, -0.15) is 4.98 Å². The Morgan fingerprint density at radius 2 is 1.93 bits per heavy atom. The Hall–Kier alpha value is -2.66. The van der Waals surface area contributed by atoms with Crippen molar-refractivity contribution in [1.82, 2.24) is 19.6 Å². The molecule has 2 aromatic heterocycles. The van der Waals surface area contributed by atoms with Crippen LogP contribution in [0, 0.1) is 20.8 Å². The second kappa shape index (κ2) is 7.99. The molecule has 1 amide bonds.